The molecule has 5 atom stereocenters. The van der Waals surface area contributed by atoms with Gasteiger partial charge in [0.1, 0.15) is 23.7 Å². The fraction of sp³-hybridized carbons (Fsp3) is 0.605. The minimum atomic E-state index is -3.91. The van der Waals surface area contributed by atoms with Gasteiger partial charge in [-0.1, -0.05) is 57.2 Å². The molecule has 53 heavy (non-hydrogen) atoms. The first-order valence-corrected chi connectivity index (χ1v) is 20.1. The lowest BCUT2D eigenvalue weighted by molar-refractivity contribution is -0.142. The van der Waals surface area contributed by atoms with E-state index >= 15 is 0 Å². The number of allylic oxidation sites excluding steroid dienone is 1. The molecule has 2 saturated carbocycles. The Kier molecular flexibility index (Phi) is 10.4. The number of nitrogens with one attached hydrogen (secondary N) is 3. The van der Waals surface area contributed by atoms with E-state index in [-0.39, 0.29) is 25.4 Å². The van der Waals surface area contributed by atoms with Crippen molar-refractivity contribution in [2.24, 2.45) is 11.3 Å². The van der Waals surface area contributed by atoms with Crippen LogP contribution in [0.4, 0.5) is 9.59 Å². The average molecular weight is 753 g/mol. The van der Waals surface area contributed by atoms with Crippen molar-refractivity contribution in [1.29, 1.82) is 0 Å². The van der Waals surface area contributed by atoms with Crippen LogP contribution < -0.4 is 15.4 Å². The summed E-state index contributed by atoms with van der Waals surface area (Å²) in [6.45, 7) is 14.0. The van der Waals surface area contributed by atoms with Gasteiger partial charge < -0.3 is 25.2 Å². The van der Waals surface area contributed by atoms with E-state index in [4.69, 9.17) is 4.74 Å². The predicted molar refractivity (Wildman–Crippen MR) is 197 cm³/mol. The van der Waals surface area contributed by atoms with Gasteiger partial charge >= 0.3 is 12.1 Å². The second-order valence-corrected chi connectivity index (χ2v) is 18.3. The van der Waals surface area contributed by atoms with Crippen molar-refractivity contribution in [1.82, 2.24) is 30.1 Å². The molecule has 6 rings (SSSR count). The first-order valence-electron chi connectivity index (χ1n) is 18.6. The average Bonchev–Trinajstić information content (AvgIpc) is 3.97. The summed E-state index contributed by atoms with van der Waals surface area (Å²) in [5, 5.41) is 5.08. The minimum absolute atomic E-state index is 0.0716. The van der Waals surface area contributed by atoms with Gasteiger partial charge in [0, 0.05) is 31.5 Å². The van der Waals surface area contributed by atoms with Crippen LogP contribution in [0.2, 0.25) is 0 Å². The van der Waals surface area contributed by atoms with E-state index in [1.165, 1.54) is 11.0 Å². The Hall–Kier alpha value is -4.40. The Morgan fingerprint density at radius 1 is 1.13 bits per heavy atom. The van der Waals surface area contributed by atoms with E-state index in [1.54, 1.807) is 9.80 Å². The lowest BCUT2D eigenvalue weighted by Gasteiger charge is -2.37. The Balaban J connectivity index is 1.31. The molecule has 3 aliphatic heterocycles. The van der Waals surface area contributed by atoms with Crippen LogP contribution in [0.3, 0.4) is 0 Å². The van der Waals surface area contributed by atoms with Crippen LogP contribution in [0, 0.1) is 11.3 Å². The third-order valence-electron chi connectivity index (χ3n) is 11.0. The number of amides is 6. The Labute approximate surface area is 311 Å². The summed E-state index contributed by atoms with van der Waals surface area (Å²) in [4.78, 5) is 74.4. The van der Waals surface area contributed by atoms with Gasteiger partial charge in [-0.25, -0.2) is 18.0 Å². The zero-order valence-corrected chi connectivity index (χ0v) is 32.0. The van der Waals surface area contributed by atoms with Gasteiger partial charge in [-0.15, -0.1) is 6.58 Å². The molecule has 15 heteroatoms. The SMILES string of the molecule is C=C[C@@H]1C[C@]1(NC(=O)[C@@H]1C[C@@H]2CN1C(=O)[C@H](C(C)(C)C)NC(=O)N(C(C)C)CCCC=Cc1cccc3c1CN(C3)C(=O)O2)C(=O)NS(=O)(=O)C1CC1. The number of carbonyl (C=O) groups excluding carboxylic acids is 5. The normalized spacial score (nSPS) is 28.1. The smallest absolute Gasteiger partial charge is 0.410 e. The maximum atomic E-state index is 14.6. The van der Waals surface area contributed by atoms with E-state index in [0.29, 0.717) is 45.3 Å². The third kappa shape index (κ3) is 7.95. The number of fused-ring (bicyclic) bond motifs is 3. The summed E-state index contributed by atoms with van der Waals surface area (Å²) in [6, 6.07) is 3.08. The van der Waals surface area contributed by atoms with Crippen LogP contribution in [0.15, 0.2) is 36.9 Å². The molecule has 6 amide bonds. The first-order chi connectivity index (χ1) is 24.9. The first kappa shape index (κ1) is 38.3. The largest absolute Gasteiger partial charge is 0.444 e. The maximum absolute atomic E-state index is 14.6. The third-order valence-corrected chi connectivity index (χ3v) is 12.8. The predicted octanol–water partition coefficient (Wildman–Crippen LogP) is 3.42. The lowest BCUT2D eigenvalue weighted by atomic mass is 9.85. The van der Waals surface area contributed by atoms with E-state index in [0.717, 1.165) is 16.7 Å². The summed E-state index contributed by atoms with van der Waals surface area (Å²) in [5.41, 5.74) is 0.648. The number of ether oxygens (including phenoxy) is 1. The second-order valence-electron chi connectivity index (χ2n) is 16.4. The molecule has 2 aliphatic carbocycles. The highest BCUT2D eigenvalue weighted by atomic mass is 32.2. The molecule has 5 aliphatic rings. The second kappa shape index (κ2) is 14.4. The zero-order valence-electron chi connectivity index (χ0n) is 31.2. The van der Waals surface area contributed by atoms with Crippen molar-refractivity contribution >= 4 is 45.9 Å². The monoisotopic (exact) mass is 752 g/mol. The van der Waals surface area contributed by atoms with Crippen molar-refractivity contribution in [3.05, 3.63) is 53.6 Å². The summed E-state index contributed by atoms with van der Waals surface area (Å²) in [7, 11) is -3.91. The van der Waals surface area contributed by atoms with E-state index in [2.05, 4.69) is 28.0 Å². The Morgan fingerprint density at radius 2 is 1.87 bits per heavy atom. The molecule has 14 nitrogen and oxygen atoms in total. The highest BCUT2D eigenvalue weighted by Gasteiger charge is 2.62. The standard InChI is InChI=1S/C38H52N6O8S/c1-7-26-19-38(26,34(47)41-53(50,51)28-15-16-28)40-32(45)30-18-27-21-44(30)33(46)31(37(4,5)6)39-35(48)43(23(2)3)17-10-8-9-12-24-13-11-14-25-20-42(22-29(24)25)36(49)52-27/h7,9,11-14,23,26-28,30-31H,1,8,10,15-22H2,2-6H3,(H,39,48)(H,40,45)(H,41,47)/t26-,27-,30+,31-,38-/m1/s1. The van der Waals surface area contributed by atoms with Gasteiger partial charge in [0.15, 0.2) is 0 Å². The maximum Gasteiger partial charge on any atom is 0.410 e. The van der Waals surface area contributed by atoms with Crippen molar-refractivity contribution in [3.63, 3.8) is 0 Å². The van der Waals surface area contributed by atoms with Crippen molar-refractivity contribution < 1.29 is 37.1 Å². The zero-order chi connectivity index (χ0) is 38.5. The number of carbonyl (C=O) groups is 5. The van der Waals surface area contributed by atoms with E-state index < -0.39 is 80.2 Å². The molecule has 0 spiro atoms. The summed E-state index contributed by atoms with van der Waals surface area (Å²) >= 11 is 0. The molecule has 3 N–H and O–H groups in total. The number of nitrogens with zero attached hydrogens (tertiary/aromatic N) is 3. The molecule has 0 radical (unpaired) electrons. The van der Waals surface area contributed by atoms with Crippen molar-refractivity contribution in [2.75, 3.05) is 13.1 Å². The van der Waals surface area contributed by atoms with Crippen LogP contribution >= 0.6 is 0 Å². The lowest BCUT2D eigenvalue weighted by Crippen LogP contribution is -2.61. The van der Waals surface area contributed by atoms with Crippen molar-refractivity contribution in [2.45, 2.75) is 121 Å². The van der Waals surface area contributed by atoms with Crippen LogP contribution in [-0.2, 0) is 42.2 Å². The van der Waals surface area contributed by atoms with Gasteiger partial charge in [0.2, 0.25) is 21.8 Å². The summed E-state index contributed by atoms with van der Waals surface area (Å²) in [5.74, 6) is -2.63. The van der Waals surface area contributed by atoms with Gasteiger partial charge in [0.05, 0.1) is 18.3 Å². The number of rotatable bonds is 7. The molecule has 4 bridgehead atoms. The number of urea groups is 1. The van der Waals surface area contributed by atoms with E-state index in [1.807, 2.05) is 58.9 Å². The van der Waals surface area contributed by atoms with Crippen LogP contribution in [-0.4, -0.2) is 101 Å². The Bertz CT molecular complexity index is 1820. The molecular weight excluding hydrogens is 701 g/mol. The molecule has 0 aromatic heterocycles. The number of hydrogen-bond donors (Lipinski definition) is 3. The molecular formula is C38H52N6O8S. The minimum Gasteiger partial charge on any atom is -0.444 e. The number of sulfonamides is 1. The quantitative estimate of drug-likeness (QED) is 0.356. The fourth-order valence-corrected chi connectivity index (χ4v) is 8.91. The topological polar surface area (TPSA) is 175 Å². The fourth-order valence-electron chi connectivity index (χ4n) is 7.55. The van der Waals surface area contributed by atoms with Gasteiger partial charge in [0.25, 0.3) is 5.91 Å². The van der Waals surface area contributed by atoms with Crippen LogP contribution in [0.25, 0.3) is 6.08 Å². The van der Waals surface area contributed by atoms with Gasteiger partial charge in [-0.05, 0) is 68.1 Å². The number of benzene rings is 1. The van der Waals surface area contributed by atoms with Crippen LogP contribution in [0.5, 0.6) is 0 Å². The number of hydrogen-bond acceptors (Lipinski definition) is 8. The highest BCUT2D eigenvalue weighted by Crippen LogP contribution is 2.45. The van der Waals surface area contributed by atoms with Crippen molar-refractivity contribution in [3.8, 4) is 0 Å². The van der Waals surface area contributed by atoms with E-state index in [9.17, 15) is 32.4 Å². The summed E-state index contributed by atoms with van der Waals surface area (Å²) < 4.78 is 33.5. The highest BCUT2D eigenvalue weighted by molar-refractivity contribution is 7.91. The Morgan fingerprint density at radius 3 is 2.51 bits per heavy atom. The summed E-state index contributed by atoms with van der Waals surface area (Å²) in [6.07, 6.45) is 6.48. The molecule has 1 aromatic rings. The molecule has 3 fully saturated rings. The van der Waals surface area contributed by atoms with Gasteiger partial charge in [-0.3, -0.25) is 24.0 Å². The molecule has 0 unspecified atom stereocenters. The molecule has 288 valence electrons. The molecule has 1 aromatic carbocycles. The van der Waals surface area contributed by atoms with Crippen LogP contribution in [0.1, 0.15) is 89.8 Å². The van der Waals surface area contributed by atoms with Gasteiger partial charge in [-0.2, -0.15) is 0 Å². The molecule has 3 heterocycles. The molecule has 1 saturated heterocycles.